The van der Waals surface area contributed by atoms with Gasteiger partial charge in [0.2, 0.25) is 0 Å². The van der Waals surface area contributed by atoms with Gasteiger partial charge in [-0.3, -0.25) is 4.79 Å². The lowest BCUT2D eigenvalue weighted by molar-refractivity contribution is 0.0784. The highest BCUT2D eigenvalue weighted by Gasteiger charge is 2.14. The highest BCUT2D eigenvalue weighted by atomic mass is 16.5. The first-order valence-electron chi connectivity index (χ1n) is 6.48. The number of nitrogens with two attached hydrogens (primary N) is 1. The summed E-state index contributed by atoms with van der Waals surface area (Å²) >= 11 is 0. The van der Waals surface area contributed by atoms with Gasteiger partial charge < -0.3 is 20.5 Å². The summed E-state index contributed by atoms with van der Waals surface area (Å²) in [6.07, 6.45) is 0. The zero-order chi connectivity index (χ0) is 15.4. The molecule has 0 aliphatic rings. The normalized spacial score (nSPS) is 10.2. The second-order valence-electron chi connectivity index (χ2n) is 4.79. The van der Waals surface area contributed by atoms with Gasteiger partial charge in [-0.2, -0.15) is 0 Å². The molecular weight excluding hydrogens is 268 g/mol. The zero-order valence-electron chi connectivity index (χ0n) is 12.0. The molecule has 21 heavy (non-hydrogen) atoms. The highest BCUT2D eigenvalue weighted by molar-refractivity contribution is 5.94. The van der Waals surface area contributed by atoms with Gasteiger partial charge in [0.25, 0.3) is 5.91 Å². The van der Waals surface area contributed by atoms with Crippen LogP contribution in [0.15, 0.2) is 42.5 Å². The van der Waals surface area contributed by atoms with E-state index in [9.17, 15) is 9.90 Å². The molecule has 5 heteroatoms. The number of ether oxygens (including phenoxy) is 1. The van der Waals surface area contributed by atoms with E-state index in [4.69, 9.17) is 10.5 Å². The minimum absolute atomic E-state index is 0.0516. The van der Waals surface area contributed by atoms with Crippen LogP contribution in [0.25, 0.3) is 0 Å². The van der Waals surface area contributed by atoms with Crippen LogP contribution in [0.4, 0.5) is 5.69 Å². The van der Waals surface area contributed by atoms with Crippen molar-refractivity contribution in [3.63, 3.8) is 0 Å². The van der Waals surface area contributed by atoms with Crippen molar-refractivity contribution in [2.75, 3.05) is 19.9 Å². The van der Waals surface area contributed by atoms with E-state index in [-0.39, 0.29) is 11.7 Å². The second kappa shape index (κ2) is 6.17. The molecule has 2 rings (SSSR count). The van der Waals surface area contributed by atoms with Crippen molar-refractivity contribution in [2.24, 2.45) is 0 Å². The number of carbonyl (C=O) groups is 1. The van der Waals surface area contributed by atoms with E-state index in [1.807, 2.05) is 12.1 Å². The number of phenols is 1. The largest absolute Gasteiger partial charge is 0.504 e. The average molecular weight is 286 g/mol. The first-order valence-corrected chi connectivity index (χ1v) is 6.48. The third kappa shape index (κ3) is 3.45. The summed E-state index contributed by atoms with van der Waals surface area (Å²) in [5.74, 6) is 0.113. The quantitative estimate of drug-likeness (QED) is 0.845. The number of anilines is 1. The van der Waals surface area contributed by atoms with Gasteiger partial charge in [0.1, 0.15) is 0 Å². The Morgan fingerprint density at radius 2 is 1.90 bits per heavy atom. The summed E-state index contributed by atoms with van der Waals surface area (Å²) in [7, 11) is 3.17. The molecule has 0 unspecified atom stereocenters. The minimum Gasteiger partial charge on any atom is -0.504 e. The fraction of sp³-hybridized carbons (Fsp3) is 0.188. The van der Waals surface area contributed by atoms with Gasteiger partial charge in [0, 0.05) is 24.8 Å². The predicted molar refractivity (Wildman–Crippen MR) is 81.3 cm³/mol. The number of nitrogen functional groups attached to an aromatic ring is 1. The van der Waals surface area contributed by atoms with Gasteiger partial charge in [0.15, 0.2) is 11.5 Å². The molecule has 0 aromatic heterocycles. The van der Waals surface area contributed by atoms with Crippen LogP contribution < -0.4 is 10.5 Å². The lowest BCUT2D eigenvalue weighted by Crippen LogP contribution is -2.26. The maximum absolute atomic E-state index is 12.3. The van der Waals surface area contributed by atoms with E-state index >= 15 is 0 Å². The summed E-state index contributed by atoms with van der Waals surface area (Å²) in [6.45, 7) is 0.464. The van der Waals surface area contributed by atoms with Gasteiger partial charge in [-0.15, -0.1) is 0 Å². The van der Waals surface area contributed by atoms with Gasteiger partial charge in [0.05, 0.1) is 7.11 Å². The SMILES string of the molecule is COc1ccc(C(=O)N(C)Cc2ccc(N)cc2)cc1O. The van der Waals surface area contributed by atoms with E-state index in [1.165, 1.54) is 13.2 Å². The Bertz CT molecular complexity index is 638. The fourth-order valence-corrected chi connectivity index (χ4v) is 2.01. The molecule has 3 N–H and O–H groups in total. The van der Waals surface area contributed by atoms with E-state index in [2.05, 4.69) is 0 Å². The Balaban J connectivity index is 2.11. The van der Waals surface area contributed by atoms with Crippen molar-refractivity contribution in [3.05, 3.63) is 53.6 Å². The molecule has 5 nitrogen and oxygen atoms in total. The van der Waals surface area contributed by atoms with Crippen LogP contribution in [0, 0.1) is 0 Å². The summed E-state index contributed by atoms with van der Waals surface area (Å²) in [5.41, 5.74) is 7.71. The molecular formula is C16H18N2O3. The molecule has 0 aliphatic carbocycles. The molecule has 2 aromatic rings. The lowest BCUT2D eigenvalue weighted by Gasteiger charge is -2.18. The zero-order valence-corrected chi connectivity index (χ0v) is 12.0. The molecule has 0 fully saturated rings. The molecule has 0 spiro atoms. The molecule has 110 valence electrons. The molecule has 1 amide bonds. The highest BCUT2D eigenvalue weighted by Crippen LogP contribution is 2.26. The smallest absolute Gasteiger partial charge is 0.254 e. The van der Waals surface area contributed by atoms with Crippen LogP contribution in [-0.4, -0.2) is 30.1 Å². The van der Waals surface area contributed by atoms with Crippen LogP contribution in [0.3, 0.4) is 0 Å². The Hall–Kier alpha value is -2.69. The fourth-order valence-electron chi connectivity index (χ4n) is 2.01. The minimum atomic E-state index is -0.176. The van der Waals surface area contributed by atoms with Gasteiger partial charge in [-0.25, -0.2) is 0 Å². The molecule has 2 aromatic carbocycles. The van der Waals surface area contributed by atoms with Crippen molar-refractivity contribution in [2.45, 2.75) is 6.54 Å². The van der Waals surface area contributed by atoms with Crippen LogP contribution in [-0.2, 0) is 6.54 Å². The number of aromatic hydroxyl groups is 1. The van der Waals surface area contributed by atoms with E-state index < -0.39 is 0 Å². The van der Waals surface area contributed by atoms with Crippen molar-refractivity contribution >= 4 is 11.6 Å². The third-order valence-electron chi connectivity index (χ3n) is 3.17. The maximum Gasteiger partial charge on any atom is 0.254 e. The number of carbonyl (C=O) groups excluding carboxylic acids is 1. The van der Waals surface area contributed by atoms with E-state index in [0.717, 1.165) is 5.56 Å². The number of rotatable bonds is 4. The van der Waals surface area contributed by atoms with Crippen molar-refractivity contribution in [1.82, 2.24) is 4.90 Å². The molecule has 0 saturated heterocycles. The van der Waals surface area contributed by atoms with Crippen LogP contribution >= 0.6 is 0 Å². The summed E-state index contributed by atoms with van der Waals surface area (Å²) in [6, 6.07) is 12.0. The number of methoxy groups -OCH3 is 1. The van der Waals surface area contributed by atoms with Crippen LogP contribution in [0.5, 0.6) is 11.5 Å². The average Bonchev–Trinajstić information content (AvgIpc) is 2.48. The molecule has 0 aliphatic heterocycles. The summed E-state index contributed by atoms with van der Waals surface area (Å²) < 4.78 is 4.96. The van der Waals surface area contributed by atoms with Gasteiger partial charge in [-0.1, -0.05) is 12.1 Å². The Morgan fingerprint density at radius 3 is 2.48 bits per heavy atom. The number of phenolic OH excluding ortho intramolecular Hbond substituents is 1. The monoisotopic (exact) mass is 286 g/mol. The second-order valence-corrected chi connectivity index (χ2v) is 4.79. The first-order chi connectivity index (χ1) is 10.0. The summed E-state index contributed by atoms with van der Waals surface area (Å²) in [5, 5.41) is 9.73. The molecule has 0 bridgehead atoms. The van der Waals surface area contributed by atoms with Crippen LogP contribution in [0.1, 0.15) is 15.9 Å². The van der Waals surface area contributed by atoms with Crippen molar-refractivity contribution < 1.29 is 14.6 Å². The number of benzene rings is 2. The van der Waals surface area contributed by atoms with Crippen LogP contribution in [0.2, 0.25) is 0 Å². The topological polar surface area (TPSA) is 75.8 Å². The molecule has 0 heterocycles. The predicted octanol–water partition coefficient (Wildman–Crippen LogP) is 2.26. The Labute approximate surface area is 123 Å². The Kier molecular flexibility index (Phi) is 4.33. The number of nitrogens with zero attached hydrogens (tertiary/aromatic N) is 1. The Morgan fingerprint density at radius 1 is 1.24 bits per heavy atom. The van der Waals surface area contributed by atoms with Gasteiger partial charge in [-0.05, 0) is 35.9 Å². The first kappa shape index (κ1) is 14.7. The number of amides is 1. The van der Waals surface area contributed by atoms with Crippen molar-refractivity contribution in [3.8, 4) is 11.5 Å². The third-order valence-corrected chi connectivity index (χ3v) is 3.17. The van der Waals surface area contributed by atoms with Crippen molar-refractivity contribution in [1.29, 1.82) is 0 Å². The molecule has 0 radical (unpaired) electrons. The maximum atomic E-state index is 12.3. The van der Waals surface area contributed by atoms with E-state index in [0.29, 0.717) is 23.5 Å². The van der Waals surface area contributed by atoms with E-state index in [1.54, 1.807) is 36.2 Å². The lowest BCUT2D eigenvalue weighted by atomic mass is 10.1. The number of hydrogen-bond acceptors (Lipinski definition) is 4. The molecule has 0 saturated carbocycles. The number of hydrogen-bond donors (Lipinski definition) is 2. The van der Waals surface area contributed by atoms with Gasteiger partial charge >= 0.3 is 0 Å². The molecule has 0 atom stereocenters. The summed E-state index contributed by atoms with van der Waals surface area (Å²) in [4.78, 5) is 13.9. The standard InChI is InChI=1S/C16H18N2O3/c1-18(10-11-3-6-13(17)7-4-11)16(20)12-5-8-15(21-2)14(19)9-12/h3-9,19H,10,17H2,1-2H3.